The highest BCUT2D eigenvalue weighted by Gasteiger charge is 2.12. The van der Waals surface area contributed by atoms with Gasteiger partial charge in [-0.15, -0.1) is 0 Å². The maximum absolute atomic E-state index is 4.51. The van der Waals surface area contributed by atoms with Crippen molar-refractivity contribution in [2.24, 2.45) is 0 Å². The van der Waals surface area contributed by atoms with Crippen molar-refractivity contribution in [3.63, 3.8) is 0 Å². The number of nitrogens with zero attached hydrogens (tertiary/aromatic N) is 1. The van der Waals surface area contributed by atoms with Crippen molar-refractivity contribution in [3.05, 3.63) is 65.5 Å². The molecule has 0 aliphatic rings. The van der Waals surface area contributed by atoms with Crippen LogP contribution in [0.15, 0.2) is 48.7 Å². The van der Waals surface area contributed by atoms with Crippen LogP contribution in [-0.2, 0) is 6.42 Å². The third-order valence-electron chi connectivity index (χ3n) is 3.77. The van der Waals surface area contributed by atoms with E-state index < -0.39 is 0 Å². The topological polar surface area (TPSA) is 24.9 Å². The summed E-state index contributed by atoms with van der Waals surface area (Å²) >= 11 is 0. The molecule has 0 saturated carbocycles. The van der Waals surface area contributed by atoms with Crippen LogP contribution in [-0.4, -0.2) is 11.5 Å². The van der Waals surface area contributed by atoms with Gasteiger partial charge in [-0.25, -0.2) is 0 Å². The number of hydrogen-bond donors (Lipinski definition) is 1. The van der Waals surface area contributed by atoms with Crippen molar-refractivity contribution < 1.29 is 0 Å². The van der Waals surface area contributed by atoms with Gasteiger partial charge in [0, 0.05) is 6.20 Å². The zero-order valence-corrected chi connectivity index (χ0v) is 13.3. The van der Waals surface area contributed by atoms with E-state index in [9.17, 15) is 0 Å². The van der Waals surface area contributed by atoms with E-state index in [-0.39, 0.29) is 6.04 Å². The quantitative estimate of drug-likeness (QED) is 0.809. The molecule has 0 aliphatic carbocycles. The molecule has 0 bridgehead atoms. The fourth-order valence-corrected chi connectivity index (χ4v) is 2.46. The number of benzene rings is 1. The summed E-state index contributed by atoms with van der Waals surface area (Å²) in [6.07, 6.45) is 3.99. The summed E-state index contributed by atoms with van der Waals surface area (Å²) in [5, 5.41) is 3.61. The fourth-order valence-electron chi connectivity index (χ4n) is 2.46. The third kappa shape index (κ3) is 4.68. The number of pyridine rings is 1. The predicted molar refractivity (Wildman–Crippen MR) is 89.5 cm³/mol. The molecule has 112 valence electrons. The molecule has 0 saturated heterocycles. The summed E-state index contributed by atoms with van der Waals surface area (Å²) in [5.74, 6) is 0.587. The standard InChI is InChI=1S/C19H26N2/c1-4-12-20-19(18-7-5-6-13-21-18)14-16-8-10-17(11-9-16)15(2)3/h5-11,13,15,19-20H,4,12,14H2,1-3H3. The molecule has 1 aromatic heterocycles. The van der Waals surface area contributed by atoms with Gasteiger partial charge < -0.3 is 5.32 Å². The Bertz CT molecular complexity index is 517. The summed E-state index contributed by atoms with van der Waals surface area (Å²) in [4.78, 5) is 4.51. The van der Waals surface area contributed by atoms with E-state index in [4.69, 9.17) is 0 Å². The van der Waals surface area contributed by atoms with Crippen LogP contribution in [0.3, 0.4) is 0 Å². The number of rotatable bonds is 7. The predicted octanol–water partition coefficient (Wildman–Crippen LogP) is 4.49. The number of aromatic nitrogens is 1. The Morgan fingerprint density at radius 2 is 1.81 bits per heavy atom. The Kier molecular flexibility index (Phi) is 5.94. The number of hydrogen-bond acceptors (Lipinski definition) is 2. The average molecular weight is 282 g/mol. The molecular formula is C19H26N2. The molecule has 2 rings (SSSR count). The van der Waals surface area contributed by atoms with Crippen LogP contribution < -0.4 is 5.32 Å². The van der Waals surface area contributed by atoms with Gasteiger partial charge in [-0.3, -0.25) is 4.98 Å². The normalized spacial score (nSPS) is 12.6. The van der Waals surface area contributed by atoms with E-state index in [1.54, 1.807) is 0 Å². The summed E-state index contributed by atoms with van der Waals surface area (Å²) < 4.78 is 0. The summed E-state index contributed by atoms with van der Waals surface area (Å²) in [6.45, 7) is 7.67. The summed E-state index contributed by atoms with van der Waals surface area (Å²) in [6, 6.07) is 15.4. The molecule has 2 aromatic rings. The van der Waals surface area contributed by atoms with Gasteiger partial charge in [0.25, 0.3) is 0 Å². The minimum atomic E-state index is 0.288. The van der Waals surface area contributed by atoms with E-state index >= 15 is 0 Å². The maximum atomic E-state index is 4.51. The van der Waals surface area contributed by atoms with Gasteiger partial charge in [-0.1, -0.05) is 51.1 Å². The van der Waals surface area contributed by atoms with Crippen molar-refractivity contribution in [2.75, 3.05) is 6.54 Å². The Morgan fingerprint density at radius 3 is 2.38 bits per heavy atom. The fraction of sp³-hybridized carbons (Fsp3) is 0.421. The van der Waals surface area contributed by atoms with E-state index in [2.05, 4.69) is 67.5 Å². The monoisotopic (exact) mass is 282 g/mol. The van der Waals surface area contributed by atoms with Crippen molar-refractivity contribution in [3.8, 4) is 0 Å². The third-order valence-corrected chi connectivity index (χ3v) is 3.77. The second-order valence-corrected chi connectivity index (χ2v) is 5.86. The van der Waals surface area contributed by atoms with Crippen LogP contribution in [0.1, 0.15) is 56.0 Å². The minimum Gasteiger partial charge on any atom is -0.308 e. The largest absolute Gasteiger partial charge is 0.308 e. The van der Waals surface area contributed by atoms with E-state index in [0.29, 0.717) is 5.92 Å². The van der Waals surface area contributed by atoms with Crippen LogP contribution in [0, 0.1) is 0 Å². The lowest BCUT2D eigenvalue weighted by molar-refractivity contribution is 0.518. The van der Waals surface area contributed by atoms with E-state index in [0.717, 1.165) is 25.1 Å². The summed E-state index contributed by atoms with van der Waals surface area (Å²) in [7, 11) is 0. The summed E-state index contributed by atoms with van der Waals surface area (Å²) in [5.41, 5.74) is 3.88. The molecule has 2 heteroatoms. The smallest absolute Gasteiger partial charge is 0.0576 e. The molecule has 0 aliphatic heterocycles. The molecule has 1 N–H and O–H groups in total. The van der Waals surface area contributed by atoms with Crippen LogP contribution in [0.4, 0.5) is 0 Å². The molecule has 1 heterocycles. The SMILES string of the molecule is CCCNC(Cc1ccc(C(C)C)cc1)c1ccccn1. The highest BCUT2D eigenvalue weighted by atomic mass is 14.9. The van der Waals surface area contributed by atoms with Crippen LogP contribution >= 0.6 is 0 Å². The first-order valence-electron chi connectivity index (χ1n) is 7.94. The first kappa shape index (κ1) is 15.7. The molecule has 1 aromatic carbocycles. The van der Waals surface area contributed by atoms with Gasteiger partial charge in [0.05, 0.1) is 11.7 Å². The van der Waals surface area contributed by atoms with Crippen LogP contribution in [0.2, 0.25) is 0 Å². The Labute approximate surface area is 128 Å². The minimum absolute atomic E-state index is 0.288. The molecular weight excluding hydrogens is 256 g/mol. The van der Waals surface area contributed by atoms with E-state index in [1.807, 2.05) is 12.3 Å². The van der Waals surface area contributed by atoms with Crippen molar-refractivity contribution in [1.82, 2.24) is 10.3 Å². The average Bonchev–Trinajstić information content (AvgIpc) is 2.52. The molecule has 1 unspecified atom stereocenters. The lowest BCUT2D eigenvalue weighted by Crippen LogP contribution is -2.24. The Morgan fingerprint density at radius 1 is 1.05 bits per heavy atom. The first-order chi connectivity index (χ1) is 10.2. The Hall–Kier alpha value is -1.67. The molecule has 21 heavy (non-hydrogen) atoms. The van der Waals surface area contributed by atoms with E-state index in [1.165, 1.54) is 11.1 Å². The van der Waals surface area contributed by atoms with Gasteiger partial charge in [0.15, 0.2) is 0 Å². The van der Waals surface area contributed by atoms with Gasteiger partial charge in [-0.2, -0.15) is 0 Å². The molecule has 0 radical (unpaired) electrons. The second kappa shape index (κ2) is 7.94. The highest BCUT2D eigenvalue weighted by molar-refractivity contribution is 5.26. The molecule has 2 nitrogen and oxygen atoms in total. The van der Waals surface area contributed by atoms with Gasteiger partial charge in [0.2, 0.25) is 0 Å². The van der Waals surface area contributed by atoms with Crippen molar-refractivity contribution >= 4 is 0 Å². The van der Waals surface area contributed by atoms with Crippen LogP contribution in [0.5, 0.6) is 0 Å². The zero-order valence-electron chi connectivity index (χ0n) is 13.3. The van der Waals surface area contributed by atoms with Crippen molar-refractivity contribution in [2.45, 2.75) is 45.6 Å². The van der Waals surface area contributed by atoms with Crippen LogP contribution in [0.25, 0.3) is 0 Å². The molecule has 0 fully saturated rings. The van der Waals surface area contributed by atoms with Gasteiger partial charge >= 0.3 is 0 Å². The van der Waals surface area contributed by atoms with Crippen molar-refractivity contribution in [1.29, 1.82) is 0 Å². The van der Waals surface area contributed by atoms with Gasteiger partial charge in [-0.05, 0) is 48.6 Å². The molecule has 0 spiro atoms. The Balaban J connectivity index is 2.11. The lowest BCUT2D eigenvalue weighted by atomic mass is 9.98. The number of nitrogens with one attached hydrogen (secondary N) is 1. The maximum Gasteiger partial charge on any atom is 0.0576 e. The highest BCUT2D eigenvalue weighted by Crippen LogP contribution is 2.19. The lowest BCUT2D eigenvalue weighted by Gasteiger charge is -2.18. The molecule has 1 atom stereocenters. The molecule has 0 amide bonds. The first-order valence-corrected chi connectivity index (χ1v) is 7.94. The van der Waals surface area contributed by atoms with Gasteiger partial charge in [0.1, 0.15) is 0 Å². The second-order valence-electron chi connectivity index (χ2n) is 5.86. The zero-order chi connectivity index (χ0) is 15.1.